The van der Waals surface area contributed by atoms with E-state index in [2.05, 4.69) is 10.0 Å². The molecule has 0 atom stereocenters. The first-order valence-electron chi connectivity index (χ1n) is 9.36. The first-order chi connectivity index (χ1) is 15.0. The summed E-state index contributed by atoms with van der Waals surface area (Å²) in [4.78, 5) is 12.8. The maximum atomic E-state index is 12.9. The third-order valence-corrected chi connectivity index (χ3v) is 7.35. The average Bonchev–Trinajstić information content (AvgIpc) is 2.74. The van der Waals surface area contributed by atoms with Gasteiger partial charge in [0.2, 0.25) is 20.0 Å². The molecule has 13 heteroatoms. The summed E-state index contributed by atoms with van der Waals surface area (Å²) in [5, 5.41) is 2.65. The Hall–Kier alpha value is -2.38. The van der Waals surface area contributed by atoms with Gasteiger partial charge in [0.15, 0.2) is 0 Å². The summed E-state index contributed by atoms with van der Waals surface area (Å²) in [6, 6.07) is 8.22. The van der Waals surface area contributed by atoms with E-state index in [1.165, 1.54) is 47.8 Å². The van der Waals surface area contributed by atoms with Gasteiger partial charge in [-0.1, -0.05) is 11.6 Å². The molecular formula is C19H22ClN3O7S2. The topological polar surface area (TPSA) is 131 Å². The lowest BCUT2D eigenvalue weighted by Crippen LogP contribution is -2.40. The fraction of sp³-hybridized carbons (Fsp3) is 0.316. The van der Waals surface area contributed by atoms with Crippen LogP contribution in [0, 0.1) is 0 Å². The third kappa shape index (κ3) is 5.70. The van der Waals surface area contributed by atoms with E-state index in [1.807, 2.05) is 0 Å². The molecule has 0 saturated carbocycles. The van der Waals surface area contributed by atoms with Gasteiger partial charge in [-0.15, -0.1) is 0 Å². The van der Waals surface area contributed by atoms with E-state index in [9.17, 15) is 21.6 Å². The Labute approximate surface area is 191 Å². The molecule has 0 spiro atoms. The molecule has 3 rings (SSSR count). The van der Waals surface area contributed by atoms with Crippen LogP contribution in [0.15, 0.2) is 41.3 Å². The normalized spacial score (nSPS) is 15.2. The molecular weight excluding hydrogens is 482 g/mol. The monoisotopic (exact) mass is 503 g/mol. The number of amides is 1. The van der Waals surface area contributed by atoms with Crippen LogP contribution in [0.2, 0.25) is 5.02 Å². The number of sulfonamides is 2. The molecule has 0 aromatic heterocycles. The minimum Gasteiger partial charge on any atom is -0.495 e. The molecule has 1 aliphatic heterocycles. The second kappa shape index (κ2) is 9.63. The van der Waals surface area contributed by atoms with Gasteiger partial charge in [0.05, 0.1) is 47.9 Å². The van der Waals surface area contributed by atoms with Crippen LogP contribution in [0.25, 0.3) is 0 Å². The molecule has 2 aromatic carbocycles. The zero-order chi connectivity index (χ0) is 23.5. The summed E-state index contributed by atoms with van der Waals surface area (Å²) in [7, 11) is -5.93. The van der Waals surface area contributed by atoms with Gasteiger partial charge >= 0.3 is 0 Å². The maximum Gasteiger partial charge on any atom is 0.255 e. The number of carbonyl (C=O) groups is 1. The number of nitrogens with zero attached hydrogens (tertiary/aromatic N) is 1. The van der Waals surface area contributed by atoms with Crippen molar-refractivity contribution >= 4 is 48.9 Å². The van der Waals surface area contributed by atoms with E-state index in [4.69, 9.17) is 21.1 Å². The number of hydrogen-bond donors (Lipinski definition) is 2. The molecule has 1 fully saturated rings. The van der Waals surface area contributed by atoms with E-state index >= 15 is 0 Å². The van der Waals surface area contributed by atoms with Crippen LogP contribution in [-0.2, 0) is 24.8 Å². The van der Waals surface area contributed by atoms with Crippen molar-refractivity contribution in [1.82, 2.24) is 4.31 Å². The van der Waals surface area contributed by atoms with Gasteiger partial charge in [-0.25, -0.2) is 16.8 Å². The molecule has 0 bridgehead atoms. The van der Waals surface area contributed by atoms with E-state index in [0.29, 0.717) is 13.2 Å². The molecule has 1 saturated heterocycles. The second-order valence-corrected chi connectivity index (χ2v) is 11.0. The third-order valence-electron chi connectivity index (χ3n) is 4.55. The number of anilines is 2. The second-order valence-electron chi connectivity index (χ2n) is 6.90. The van der Waals surface area contributed by atoms with Crippen LogP contribution in [-0.4, -0.2) is 66.7 Å². The molecule has 1 heterocycles. The number of methoxy groups -OCH3 is 1. The van der Waals surface area contributed by atoms with Crippen molar-refractivity contribution in [3.63, 3.8) is 0 Å². The summed E-state index contributed by atoms with van der Waals surface area (Å²) in [5.41, 5.74) is 0.417. The van der Waals surface area contributed by atoms with Crippen molar-refractivity contribution in [3.05, 3.63) is 47.0 Å². The zero-order valence-electron chi connectivity index (χ0n) is 17.3. The van der Waals surface area contributed by atoms with Gasteiger partial charge < -0.3 is 14.8 Å². The number of rotatable bonds is 7. The fourth-order valence-corrected chi connectivity index (χ4v) is 5.31. The van der Waals surface area contributed by atoms with Crippen molar-refractivity contribution in [3.8, 4) is 5.75 Å². The highest BCUT2D eigenvalue weighted by Crippen LogP contribution is 2.30. The average molecular weight is 504 g/mol. The molecule has 10 nitrogen and oxygen atoms in total. The molecule has 32 heavy (non-hydrogen) atoms. The molecule has 0 unspecified atom stereocenters. The van der Waals surface area contributed by atoms with Crippen LogP contribution >= 0.6 is 11.6 Å². The Morgan fingerprint density at radius 3 is 2.34 bits per heavy atom. The minimum atomic E-state index is -3.78. The van der Waals surface area contributed by atoms with Crippen LogP contribution in [0.3, 0.4) is 0 Å². The van der Waals surface area contributed by atoms with Gasteiger partial charge in [0.25, 0.3) is 5.91 Å². The van der Waals surface area contributed by atoms with Crippen molar-refractivity contribution < 1.29 is 31.1 Å². The standard InChI is InChI=1S/C19H22ClN3O7S2/c1-29-18-6-4-14(32(27,28)23-7-9-30-10-8-23)12-17(18)21-19(24)13-3-5-16(15(20)11-13)22-31(2,25)26/h3-6,11-12,22H,7-10H2,1-2H3,(H,21,24). The van der Waals surface area contributed by atoms with Crippen LogP contribution in [0.4, 0.5) is 11.4 Å². The molecule has 2 N–H and O–H groups in total. The number of carbonyl (C=O) groups excluding carboxylic acids is 1. The quantitative estimate of drug-likeness (QED) is 0.590. The Bertz CT molecular complexity index is 1230. The lowest BCUT2D eigenvalue weighted by Gasteiger charge is -2.26. The van der Waals surface area contributed by atoms with Crippen molar-refractivity contribution in [2.24, 2.45) is 0 Å². The number of nitrogens with one attached hydrogen (secondary N) is 2. The Kier molecular flexibility index (Phi) is 7.30. The maximum absolute atomic E-state index is 12.9. The van der Waals surface area contributed by atoms with Gasteiger partial charge in [-0.05, 0) is 36.4 Å². The highest BCUT2D eigenvalue weighted by molar-refractivity contribution is 7.92. The van der Waals surface area contributed by atoms with Gasteiger partial charge in [-0.3, -0.25) is 9.52 Å². The van der Waals surface area contributed by atoms with Crippen molar-refractivity contribution in [1.29, 1.82) is 0 Å². The Morgan fingerprint density at radius 1 is 1.06 bits per heavy atom. The smallest absolute Gasteiger partial charge is 0.255 e. The van der Waals surface area contributed by atoms with Gasteiger partial charge in [-0.2, -0.15) is 4.31 Å². The lowest BCUT2D eigenvalue weighted by atomic mass is 10.2. The fourth-order valence-electron chi connectivity index (χ4n) is 3.01. The van der Waals surface area contributed by atoms with Gasteiger partial charge in [0, 0.05) is 18.7 Å². The SMILES string of the molecule is COc1ccc(S(=O)(=O)N2CCOCC2)cc1NC(=O)c1ccc(NS(C)(=O)=O)c(Cl)c1. The number of morpholine rings is 1. The molecule has 2 aromatic rings. The summed E-state index contributed by atoms with van der Waals surface area (Å²) in [6.07, 6.45) is 0.980. The van der Waals surface area contributed by atoms with E-state index in [-0.39, 0.29) is 45.7 Å². The summed E-state index contributed by atoms with van der Waals surface area (Å²) >= 11 is 6.09. The van der Waals surface area contributed by atoms with Crippen LogP contribution < -0.4 is 14.8 Å². The van der Waals surface area contributed by atoms with E-state index < -0.39 is 26.0 Å². The summed E-state index contributed by atoms with van der Waals surface area (Å²) < 4.78 is 62.7. The number of hydrogen-bond acceptors (Lipinski definition) is 7. The minimum absolute atomic E-state index is 0.00114. The van der Waals surface area contributed by atoms with Crippen LogP contribution in [0.5, 0.6) is 5.75 Å². The molecule has 0 radical (unpaired) electrons. The summed E-state index contributed by atoms with van der Waals surface area (Å²) in [6.45, 7) is 1.10. The highest BCUT2D eigenvalue weighted by Gasteiger charge is 2.27. The largest absolute Gasteiger partial charge is 0.495 e. The highest BCUT2D eigenvalue weighted by atomic mass is 35.5. The predicted octanol–water partition coefficient (Wildman–Crippen LogP) is 1.99. The predicted molar refractivity (Wildman–Crippen MR) is 120 cm³/mol. The van der Waals surface area contributed by atoms with Gasteiger partial charge in [0.1, 0.15) is 5.75 Å². The number of benzene rings is 2. The zero-order valence-corrected chi connectivity index (χ0v) is 19.7. The molecule has 1 amide bonds. The molecule has 0 aliphatic carbocycles. The first-order valence-corrected chi connectivity index (χ1v) is 13.1. The number of halogens is 1. The van der Waals surface area contributed by atoms with Crippen LogP contribution in [0.1, 0.15) is 10.4 Å². The summed E-state index contributed by atoms with van der Waals surface area (Å²) in [5.74, 6) is -0.322. The van der Waals surface area contributed by atoms with E-state index in [0.717, 1.165) is 6.26 Å². The van der Waals surface area contributed by atoms with Crippen molar-refractivity contribution in [2.75, 3.05) is 49.7 Å². The van der Waals surface area contributed by atoms with E-state index in [1.54, 1.807) is 0 Å². The number of ether oxygens (including phenoxy) is 2. The first kappa shape index (κ1) is 24.3. The molecule has 174 valence electrons. The Morgan fingerprint density at radius 2 is 1.75 bits per heavy atom. The molecule has 1 aliphatic rings. The lowest BCUT2D eigenvalue weighted by molar-refractivity contribution is 0.0730. The van der Waals surface area contributed by atoms with Crippen molar-refractivity contribution in [2.45, 2.75) is 4.90 Å². The Balaban J connectivity index is 1.87.